The van der Waals surface area contributed by atoms with Gasteiger partial charge in [-0.2, -0.15) is 0 Å². The summed E-state index contributed by atoms with van der Waals surface area (Å²) in [5.41, 5.74) is 4.52. The molecule has 32 heavy (non-hydrogen) atoms. The van der Waals surface area contributed by atoms with Crippen molar-refractivity contribution in [1.82, 2.24) is 5.32 Å². The maximum absolute atomic E-state index is 12.5. The number of nitrogens with one attached hydrogen (secondary N) is 1. The van der Waals surface area contributed by atoms with Crippen LogP contribution in [0.4, 0.5) is 0 Å². The van der Waals surface area contributed by atoms with Crippen molar-refractivity contribution in [2.24, 2.45) is 0 Å². The Morgan fingerprint density at radius 3 is 2.50 bits per heavy atom. The molecule has 164 valence electrons. The van der Waals surface area contributed by atoms with E-state index in [0.717, 1.165) is 27.5 Å². The van der Waals surface area contributed by atoms with Gasteiger partial charge < -0.3 is 19.3 Å². The Morgan fingerprint density at radius 2 is 1.78 bits per heavy atom. The summed E-state index contributed by atoms with van der Waals surface area (Å²) in [6.07, 6.45) is 1.85. The van der Waals surface area contributed by atoms with Crippen LogP contribution in [0.25, 0.3) is 33.1 Å². The van der Waals surface area contributed by atoms with E-state index in [1.165, 1.54) is 0 Å². The quantitative estimate of drug-likeness (QED) is 0.331. The molecule has 7 heteroatoms. The minimum atomic E-state index is -0.916. The van der Waals surface area contributed by atoms with Crippen molar-refractivity contribution in [3.63, 3.8) is 0 Å². The Morgan fingerprint density at radius 1 is 1.03 bits per heavy atom. The molecule has 2 aromatic carbocycles. The van der Waals surface area contributed by atoms with Gasteiger partial charge in [0.2, 0.25) is 5.91 Å². The summed E-state index contributed by atoms with van der Waals surface area (Å²) in [5.74, 6) is -1.27. The molecule has 4 aromatic rings. The number of carboxylic acids is 1. The van der Waals surface area contributed by atoms with Gasteiger partial charge in [0.25, 0.3) is 0 Å². The highest BCUT2D eigenvalue weighted by molar-refractivity contribution is 6.02. The maximum Gasteiger partial charge on any atom is 0.340 e. The molecule has 2 aromatic heterocycles. The molecule has 1 amide bonds. The number of aryl methyl sites for hydroxylation is 2. The van der Waals surface area contributed by atoms with Crippen LogP contribution in [0.1, 0.15) is 29.5 Å². The fourth-order valence-electron chi connectivity index (χ4n) is 3.76. The van der Waals surface area contributed by atoms with E-state index in [2.05, 4.69) is 5.32 Å². The van der Waals surface area contributed by atoms with Crippen LogP contribution in [0.2, 0.25) is 0 Å². The summed E-state index contributed by atoms with van der Waals surface area (Å²) in [6, 6.07) is 11.8. The molecule has 0 saturated heterocycles. The molecule has 0 bridgehead atoms. The Balaban J connectivity index is 1.68. The van der Waals surface area contributed by atoms with Crippen LogP contribution in [0, 0.1) is 13.8 Å². The van der Waals surface area contributed by atoms with Gasteiger partial charge in [0, 0.05) is 35.4 Å². The average Bonchev–Trinajstić information content (AvgIpc) is 3.16. The first-order valence-electron chi connectivity index (χ1n) is 10.4. The van der Waals surface area contributed by atoms with E-state index >= 15 is 0 Å². The summed E-state index contributed by atoms with van der Waals surface area (Å²) in [4.78, 5) is 35.4. The maximum atomic E-state index is 12.5. The molecule has 0 spiro atoms. The molecule has 4 rings (SSSR count). The van der Waals surface area contributed by atoms with E-state index in [-0.39, 0.29) is 30.9 Å². The number of aliphatic carboxylic acids is 1. The molecular weight excluding hydrogens is 410 g/mol. The molecular formula is C25H23NO6. The standard InChI is InChI=1S/C25H23NO6/c1-14-5-7-16(8-6-14)20-13-31-21-12-22-17(10-19(20)21)15(2)18(25(30)32-22)11-23(27)26-9-3-4-24(28)29/h5-8,10,12-13H,3-4,9,11H2,1-2H3,(H,26,27)(H,28,29). The van der Waals surface area contributed by atoms with Crippen LogP contribution in [0.3, 0.4) is 0 Å². The minimum absolute atomic E-state index is 0.0264. The van der Waals surface area contributed by atoms with E-state index in [1.54, 1.807) is 19.3 Å². The smallest absolute Gasteiger partial charge is 0.340 e. The molecule has 2 heterocycles. The van der Waals surface area contributed by atoms with Crippen LogP contribution in [0.15, 0.2) is 56.3 Å². The lowest BCUT2D eigenvalue weighted by Crippen LogP contribution is -2.28. The molecule has 0 aliphatic rings. The van der Waals surface area contributed by atoms with Gasteiger partial charge in [-0.15, -0.1) is 0 Å². The van der Waals surface area contributed by atoms with Crippen molar-refractivity contribution in [2.45, 2.75) is 33.1 Å². The van der Waals surface area contributed by atoms with E-state index in [9.17, 15) is 14.4 Å². The second kappa shape index (κ2) is 8.70. The average molecular weight is 433 g/mol. The van der Waals surface area contributed by atoms with Gasteiger partial charge in [-0.3, -0.25) is 9.59 Å². The van der Waals surface area contributed by atoms with Gasteiger partial charge in [0.05, 0.1) is 18.2 Å². The summed E-state index contributed by atoms with van der Waals surface area (Å²) < 4.78 is 11.2. The van der Waals surface area contributed by atoms with Crippen LogP contribution in [-0.2, 0) is 16.0 Å². The molecule has 0 radical (unpaired) electrons. The van der Waals surface area contributed by atoms with Gasteiger partial charge in [0.1, 0.15) is 11.2 Å². The lowest BCUT2D eigenvalue weighted by molar-refractivity contribution is -0.137. The van der Waals surface area contributed by atoms with Crippen LogP contribution in [0.5, 0.6) is 0 Å². The molecule has 0 atom stereocenters. The predicted molar refractivity (Wildman–Crippen MR) is 121 cm³/mol. The monoisotopic (exact) mass is 433 g/mol. The Kier molecular flexibility index (Phi) is 5.81. The number of hydrogen-bond acceptors (Lipinski definition) is 5. The molecule has 0 aliphatic heterocycles. The first kappa shape index (κ1) is 21.4. The van der Waals surface area contributed by atoms with Crippen molar-refractivity contribution in [2.75, 3.05) is 6.54 Å². The number of carbonyl (C=O) groups excluding carboxylic acids is 1. The lowest BCUT2D eigenvalue weighted by Gasteiger charge is -2.09. The number of hydrogen-bond donors (Lipinski definition) is 2. The second-order valence-corrected chi connectivity index (χ2v) is 7.88. The zero-order valence-electron chi connectivity index (χ0n) is 17.9. The number of benzene rings is 2. The first-order valence-corrected chi connectivity index (χ1v) is 10.4. The highest BCUT2D eigenvalue weighted by Crippen LogP contribution is 2.34. The third-order valence-corrected chi connectivity index (χ3v) is 5.57. The summed E-state index contributed by atoms with van der Waals surface area (Å²) >= 11 is 0. The van der Waals surface area contributed by atoms with E-state index in [0.29, 0.717) is 23.2 Å². The predicted octanol–water partition coefficient (Wildman–Crippen LogP) is 4.35. The molecule has 0 aliphatic carbocycles. The summed E-state index contributed by atoms with van der Waals surface area (Å²) in [7, 11) is 0. The Labute approximate surface area is 183 Å². The van der Waals surface area contributed by atoms with Crippen molar-refractivity contribution in [1.29, 1.82) is 0 Å². The minimum Gasteiger partial charge on any atom is -0.481 e. The highest BCUT2D eigenvalue weighted by atomic mass is 16.4. The largest absolute Gasteiger partial charge is 0.481 e. The van der Waals surface area contributed by atoms with Crippen LogP contribution < -0.4 is 10.9 Å². The summed E-state index contributed by atoms with van der Waals surface area (Å²) in [6.45, 7) is 4.06. The zero-order chi connectivity index (χ0) is 22.8. The molecule has 0 saturated carbocycles. The SMILES string of the molecule is Cc1ccc(-c2coc3cc4oc(=O)c(CC(=O)NCCCC(=O)O)c(C)c4cc23)cc1. The normalized spacial score (nSPS) is 11.2. The van der Waals surface area contributed by atoms with Crippen molar-refractivity contribution >= 4 is 33.8 Å². The number of carbonyl (C=O) groups is 2. The first-order chi connectivity index (χ1) is 15.3. The topological polar surface area (TPSA) is 110 Å². The summed E-state index contributed by atoms with van der Waals surface area (Å²) in [5, 5.41) is 13.0. The van der Waals surface area contributed by atoms with Crippen molar-refractivity contribution in [3.8, 4) is 11.1 Å². The van der Waals surface area contributed by atoms with E-state index in [4.69, 9.17) is 13.9 Å². The van der Waals surface area contributed by atoms with E-state index in [1.807, 2.05) is 37.3 Å². The third-order valence-electron chi connectivity index (χ3n) is 5.57. The number of carboxylic acid groups (broad SMARTS) is 1. The van der Waals surface area contributed by atoms with Crippen LogP contribution >= 0.6 is 0 Å². The zero-order valence-corrected chi connectivity index (χ0v) is 17.9. The molecule has 0 unspecified atom stereocenters. The van der Waals surface area contributed by atoms with Gasteiger partial charge in [-0.05, 0) is 37.5 Å². The van der Waals surface area contributed by atoms with Crippen LogP contribution in [-0.4, -0.2) is 23.5 Å². The number of fused-ring (bicyclic) bond motifs is 2. The molecule has 0 fully saturated rings. The second-order valence-electron chi connectivity index (χ2n) is 7.88. The molecule has 2 N–H and O–H groups in total. The van der Waals surface area contributed by atoms with E-state index < -0.39 is 11.6 Å². The lowest BCUT2D eigenvalue weighted by atomic mass is 9.99. The van der Waals surface area contributed by atoms with Gasteiger partial charge in [-0.25, -0.2) is 4.79 Å². The van der Waals surface area contributed by atoms with Gasteiger partial charge in [0.15, 0.2) is 0 Å². The van der Waals surface area contributed by atoms with Gasteiger partial charge >= 0.3 is 11.6 Å². The van der Waals surface area contributed by atoms with Crippen molar-refractivity contribution in [3.05, 3.63) is 69.8 Å². The fraction of sp³-hybridized carbons (Fsp3) is 0.240. The third kappa shape index (κ3) is 4.27. The number of rotatable bonds is 7. The number of amides is 1. The number of furan rings is 1. The molecule has 7 nitrogen and oxygen atoms in total. The fourth-order valence-corrected chi connectivity index (χ4v) is 3.76. The van der Waals surface area contributed by atoms with Crippen molar-refractivity contribution < 1.29 is 23.5 Å². The highest BCUT2D eigenvalue weighted by Gasteiger charge is 2.17. The Hall–Kier alpha value is -3.87. The Bertz CT molecular complexity index is 1380. The van der Waals surface area contributed by atoms with Gasteiger partial charge in [-0.1, -0.05) is 29.8 Å².